The molecule has 4 heteroatoms. The van der Waals surface area contributed by atoms with E-state index in [1.54, 1.807) is 0 Å². The molecule has 4 nitrogen and oxygen atoms in total. The molecule has 0 bridgehead atoms. The maximum absolute atomic E-state index is 11.6. The Morgan fingerprint density at radius 1 is 1.29 bits per heavy atom. The van der Waals surface area contributed by atoms with Gasteiger partial charge in [0, 0.05) is 18.4 Å². The zero-order chi connectivity index (χ0) is 12.6. The van der Waals surface area contributed by atoms with E-state index in [4.69, 9.17) is 0 Å². The smallest absolute Gasteiger partial charge is 0.220 e. The van der Waals surface area contributed by atoms with Crippen LogP contribution in [-0.2, 0) is 4.79 Å². The van der Waals surface area contributed by atoms with Crippen molar-refractivity contribution >= 4 is 5.91 Å². The van der Waals surface area contributed by atoms with E-state index in [2.05, 4.69) is 10.6 Å². The quantitative estimate of drug-likeness (QED) is 0.585. The molecule has 0 spiro atoms. The van der Waals surface area contributed by atoms with Gasteiger partial charge < -0.3 is 15.7 Å². The molecule has 0 aliphatic heterocycles. The monoisotopic (exact) mass is 242 g/mol. The van der Waals surface area contributed by atoms with Gasteiger partial charge in [-0.05, 0) is 32.9 Å². The largest absolute Gasteiger partial charge is 0.396 e. The van der Waals surface area contributed by atoms with Gasteiger partial charge in [0.25, 0.3) is 0 Å². The molecule has 0 radical (unpaired) electrons. The molecule has 1 rings (SSSR count). The molecule has 0 saturated heterocycles. The summed E-state index contributed by atoms with van der Waals surface area (Å²) in [5, 5.41) is 15.5. The van der Waals surface area contributed by atoms with Crippen molar-refractivity contribution < 1.29 is 9.90 Å². The molecule has 3 N–H and O–H groups in total. The van der Waals surface area contributed by atoms with Gasteiger partial charge in [0.1, 0.15) is 0 Å². The van der Waals surface area contributed by atoms with Crippen LogP contribution < -0.4 is 10.6 Å². The minimum Gasteiger partial charge on any atom is -0.396 e. The van der Waals surface area contributed by atoms with E-state index in [1.165, 1.54) is 19.3 Å². The van der Waals surface area contributed by atoms with Crippen LogP contribution in [0.2, 0.25) is 0 Å². The molecule has 1 amide bonds. The molecule has 0 aromatic carbocycles. The molecule has 1 aliphatic rings. The Balaban J connectivity index is 2.24. The third-order valence-electron chi connectivity index (χ3n) is 3.74. The van der Waals surface area contributed by atoms with Crippen molar-refractivity contribution in [2.45, 2.75) is 44.9 Å². The first kappa shape index (κ1) is 14.5. The molecule has 1 saturated carbocycles. The standard InChI is InChI=1S/C13H26N2O2/c1-14-9-5-6-12(17)15-10-13(11-16)7-3-2-4-8-13/h14,16H,2-11H2,1H3,(H,15,17). The zero-order valence-corrected chi connectivity index (χ0v) is 10.9. The van der Waals surface area contributed by atoms with Crippen molar-refractivity contribution in [3.63, 3.8) is 0 Å². The highest BCUT2D eigenvalue weighted by Gasteiger charge is 2.31. The molecule has 0 heterocycles. The predicted octanol–water partition coefficient (Wildman–Crippen LogP) is 1.04. The van der Waals surface area contributed by atoms with Gasteiger partial charge in [-0.3, -0.25) is 4.79 Å². The van der Waals surface area contributed by atoms with Crippen LogP contribution in [-0.4, -0.2) is 37.8 Å². The van der Waals surface area contributed by atoms with Crippen LogP contribution >= 0.6 is 0 Å². The van der Waals surface area contributed by atoms with E-state index >= 15 is 0 Å². The van der Waals surface area contributed by atoms with Gasteiger partial charge in [0.15, 0.2) is 0 Å². The van der Waals surface area contributed by atoms with Gasteiger partial charge in [0.05, 0.1) is 6.61 Å². The van der Waals surface area contributed by atoms with E-state index in [0.717, 1.165) is 25.8 Å². The number of carbonyl (C=O) groups is 1. The summed E-state index contributed by atoms with van der Waals surface area (Å²) >= 11 is 0. The molecule has 0 unspecified atom stereocenters. The highest BCUT2D eigenvalue weighted by Crippen LogP contribution is 2.35. The van der Waals surface area contributed by atoms with E-state index in [-0.39, 0.29) is 17.9 Å². The topological polar surface area (TPSA) is 61.4 Å². The number of nitrogens with one attached hydrogen (secondary N) is 2. The van der Waals surface area contributed by atoms with Gasteiger partial charge in [0.2, 0.25) is 5.91 Å². The number of hydrogen-bond acceptors (Lipinski definition) is 3. The predicted molar refractivity (Wildman–Crippen MR) is 68.8 cm³/mol. The first-order valence-corrected chi connectivity index (χ1v) is 6.75. The molecule has 0 atom stereocenters. The van der Waals surface area contributed by atoms with Gasteiger partial charge in [-0.2, -0.15) is 0 Å². The van der Waals surface area contributed by atoms with Crippen molar-refractivity contribution in [2.75, 3.05) is 26.7 Å². The SMILES string of the molecule is CNCCCC(=O)NCC1(CO)CCCCC1. The van der Waals surface area contributed by atoms with E-state index in [0.29, 0.717) is 13.0 Å². The summed E-state index contributed by atoms with van der Waals surface area (Å²) in [7, 11) is 1.89. The van der Waals surface area contributed by atoms with Gasteiger partial charge >= 0.3 is 0 Å². The van der Waals surface area contributed by atoms with Crippen LogP contribution in [0.4, 0.5) is 0 Å². The van der Waals surface area contributed by atoms with Crippen LogP contribution in [0.25, 0.3) is 0 Å². The normalized spacial score (nSPS) is 18.9. The second-order valence-electron chi connectivity index (χ2n) is 5.20. The highest BCUT2D eigenvalue weighted by atomic mass is 16.3. The van der Waals surface area contributed by atoms with Crippen LogP contribution in [0.1, 0.15) is 44.9 Å². The molecule has 0 aromatic heterocycles. The Kier molecular flexibility index (Phi) is 6.52. The molecule has 100 valence electrons. The summed E-state index contributed by atoms with van der Waals surface area (Å²) in [5.41, 5.74) is -0.0447. The van der Waals surface area contributed by atoms with Crippen molar-refractivity contribution in [1.82, 2.24) is 10.6 Å². The van der Waals surface area contributed by atoms with E-state index in [9.17, 15) is 9.90 Å². The molecule has 17 heavy (non-hydrogen) atoms. The highest BCUT2D eigenvalue weighted by molar-refractivity contribution is 5.75. The number of aliphatic hydroxyl groups excluding tert-OH is 1. The summed E-state index contributed by atoms with van der Waals surface area (Å²) in [4.78, 5) is 11.6. The van der Waals surface area contributed by atoms with Crippen molar-refractivity contribution in [3.8, 4) is 0 Å². The lowest BCUT2D eigenvalue weighted by Crippen LogP contribution is -2.41. The number of rotatable bonds is 7. The minimum absolute atomic E-state index is 0.0447. The molecular formula is C13H26N2O2. The van der Waals surface area contributed by atoms with E-state index in [1.807, 2.05) is 7.05 Å². The molecular weight excluding hydrogens is 216 g/mol. The van der Waals surface area contributed by atoms with Crippen molar-refractivity contribution in [3.05, 3.63) is 0 Å². The van der Waals surface area contributed by atoms with Gasteiger partial charge in [-0.1, -0.05) is 19.3 Å². The molecule has 1 fully saturated rings. The maximum atomic E-state index is 11.6. The second kappa shape index (κ2) is 7.67. The Hall–Kier alpha value is -0.610. The van der Waals surface area contributed by atoms with Crippen LogP contribution in [0.3, 0.4) is 0 Å². The van der Waals surface area contributed by atoms with Crippen molar-refractivity contribution in [2.24, 2.45) is 5.41 Å². The van der Waals surface area contributed by atoms with Gasteiger partial charge in [-0.15, -0.1) is 0 Å². The Morgan fingerprint density at radius 3 is 2.59 bits per heavy atom. The summed E-state index contributed by atoms with van der Waals surface area (Å²) in [6.45, 7) is 1.71. The maximum Gasteiger partial charge on any atom is 0.220 e. The number of carbonyl (C=O) groups excluding carboxylic acids is 1. The lowest BCUT2D eigenvalue weighted by molar-refractivity contribution is -0.122. The Labute approximate surface area is 104 Å². The fourth-order valence-corrected chi connectivity index (χ4v) is 2.49. The first-order valence-electron chi connectivity index (χ1n) is 6.75. The second-order valence-corrected chi connectivity index (χ2v) is 5.20. The third-order valence-corrected chi connectivity index (χ3v) is 3.74. The number of amides is 1. The summed E-state index contributed by atoms with van der Waals surface area (Å²) in [6.07, 6.45) is 7.14. The van der Waals surface area contributed by atoms with Crippen LogP contribution in [0.15, 0.2) is 0 Å². The molecule has 0 aromatic rings. The average Bonchev–Trinajstić information content (AvgIpc) is 2.38. The molecule has 1 aliphatic carbocycles. The zero-order valence-electron chi connectivity index (χ0n) is 10.9. The summed E-state index contributed by atoms with van der Waals surface area (Å²) < 4.78 is 0. The lowest BCUT2D eigenvalue weighted by Gasteiger charge is -2.35. The third kappa shape index (κ3) is 5.04. The number of hydrogen-bond donors (Lipinski definition) is 3. The Morgan fingerprint density at radius 2 is 2.00 bits per heavy atom. The van der Waals surface area contributed by atoms with Gasteiger partial charge in [-0.25, -0.2) is 0 Å². The number of aliphatic hydroxyl groups is 1. The fourth-order valence-electron chi connectivity index (χ4n) is 2.49. The fraction of sp³-hybridized carbons (Fsp3) is 0.923. The summed E-state index contributed by atoms with van der Waals surface area (Å²) in [6, 6.07) is 0. The van der Waals surface area contributed by atoms with Crippen LogP contribution in [0, 0.1) is 5.41 Å². The lowest BCUT2D eigenvalue weighted by atomic mass is 9.74. The van der Waals surface area contributed by atoms with Crippen LogP contribution in [0.5, 0.6) is 0 Å². The average molecular weight is 242 g/mol. The van der Waals surface area contributed by atoms with E-state index < -0.39 is 0 Å². The first-order chi connectivity index (χ1) is 8.22. The van der Waals surface area contributed by atoms with Crippen molar-refractivity contribution in [1.29, 1.82) is 0 Å². The minimum atomic E-state index is -0.0447. The Bertz CT molecular complexity index is 225. The summed E-state index contributed by atoms with van der Waals surface area (Å²) in [5.74, 6) is 0.110.